The second-order valence-electron chi connectivity index (χ2n) is 7.48. The van der Waals surface area contributed by atoms with Gasteiger partial charge in [0.25, 0.3) is 0 Å². The molecule has 12 heteroatoms. The van der Waals surface area contributed by atoms with E-state index in [1.807, 2.05) is 0 Å². The van der Waals surface area contributed by atoms with Gasteiger partial charge < -0.3 is 15.4 Å². The number of hydrogen-bond acceptors (Lipinski definition) is 5. The molecule has 1 saturated carbocycles. The van der Waals surface area contributed by atoms with Crippen LogP contribution in [-0.2, 0) is 6.18 Å². The van der Waals surface area contributed by atoms with Crippen molar-refractivity contribution in [2.75, 3.05) is 18.4 Å². The SMILES string of the molecule is CC(Oc1ccc(C(F)(F)F)n2nc(N[C@@H]3[C@@H]4CC[C@H]3CNC4)nc12)C(F)(F)F. The normalized spacial score (nSPS) is 26.0. The van der Waals surface area contributed by atoms with E-state index in [-0.39, 0.29) is 12.0 Å². The van der Waals surface area contributed by atoms with E-state index in [4.69, 9.17) is 4.74 Å². The zero-order valence-corrected chi connectivity index (χ0v) is 15.3. The van der Waals surface area contributed by atoms with Gasteiger partial charge in [0.05, 0.1) is 0 Å². The minimum atomic E-state index is -4.76. The van der Waals surface area contributed by atoms with Gasteiger partial charge in [0.15, 0.2) is 17.5 Å². The van der Waals surface area contributed by atoms with Gasteiger partial charge in [-0.05, 0) is 56.8 Å². The van der Waals surface area contributed by atoms with Crippen LogP contribution in [0.2, 0.25) is 0 Å². The Morgan fingerprint density at radius 3 is 2.38 bits per heavy atom. The lowest BCUT2D eigenvalue weighted by atomic mass is 9.94. The number of halogens is 6. The Morgan fingerprint density at radius 1 is 1.14 bits per heavy atom. The molecule has 29 heavy (non-hydrogen) atoms. The second-order valence-corrected chi connectivity index (χ2v) is 7.48. The van der Waals surface area contributed by atoms with Crippen molar-refractivity contribution in [3.05, 3.63) is 17.8 Å². The molecule has 2 aliphatic rings. The van der Waals surface area contributed by atoms with Gasteiger partial charge in [-0.15, -0.1) is 5.10 Å². The molecular weight excluding hydrogens is 404 g/mol. The standard InChI is InChI=1S/C17H19F6N5O/c1-8(16(18,19)20)29-11-4-5-12(17(21,22)23)28-14(11)26-15(27-28)25-13-9-2-3-10(13)7-24-6-9/h4-5,8-10,13,24H,2-3,6-7H2,1H3,(H,25,27)/t8?,9-,10+,13-. The van der Waals surface area contributed by atoms with E-state index in [0.29, 0.717) is 22.4 Å². The van der Waals surface area contributed by atoms with E-state index in [1.54, 1.807) is 0 Å². The molecule has 2 bridgehead atoms. The monoisotopic (exact) mass is 423 g/mol. The van der Waals surface area contributed by atoms with Crippen molar-refractivity contribution < 1.29 is 31.1 Å². The molecule has 1 unspecified atom stereocenters. The molecule has 2 N–H and O–H groups in total. The van der Waals surface area contributed by atoms with Crippen LogP contribution in [0.25, 0.3) is 5.65 Å². The number of aromatic nitrogens is 3. The third-order valence-electron chi connectivity index (χ3n) is 5.54. The average molecular weight is 423 g/mol. The van der Waals surface area contributed by atoms with E-state index in [2.05, 4.69) is 20.7 Å². The highest BCUT2D eigenvalue weighted by atomic mass is 19.4. The van der Waals surface area contributed by atoms with Crippen LogP contribution in [0.1, 0.15) is 25.5 Å². The fourth-order valence-electron chi connectivity index (χ4n) is 4.03. The van der Waals surface area contributed by atoms with Crippen LogP contribution >= 0.6 is 0 Å². The predicted molar refractivity (Wildman–Crippen MR) is 90.6 cm³/mol. The number of pyridine rings is 1. The van der Waals surface area contributed by atoms with Crippen LogP contribution in [-0.4, -0.2) is 46.0 Å². The molecule has 0 spiro atoms. The van der Waals surface area contributed by atoms with Crippen molar-refractivity contribution >= 4 is 11.6 Å². The number of nitrogens with one attached hydrogen (secondary N) is 2. The smallest absolute Gasteiger partial charge is 0.433 e. The van der Waals surface area contributed by atoms with Crippen molar-refractivity contribution in [3.8, 4) is 5.75 Å². The summed E-state index contributed by atoms with van der Waals surface area (Å²) in [6.07, 6.45) is -9.68. The van der Waals surface area contributed by atoms with Crippen LogP contribution in [0.15, 0.2) is 12.1 Å². The molecule has 3 heterocycles. The Balaban J connectivity index is 1.71. The van der Waals surface area contributed by atoms with Gasteiger partial charge in [0.2, 0.25) is 5.95 Å². The summed E-state index contributed by atoms with van der Waals surface area (Å²) < 4.78 is 84.0. The lowest BCUT2D eigenvalue weighted by molar-refractivity contribution is -0.189. The summed E-state index contributed by atoms with van der Waals surface area (Å²) in [5.74, 6) is 0.110. The molecule has 160 valence electrons. The van der Waals surface area contributed by atoms with Gasteiger partial charge in [-0.2, -0.15) is 31.3 Å². The first-order valence-corrected chi connectivity index (χ1v) is 9.21. The quantitative estimate of drug-likeness (QED) is 0.738. The molecule has 6 nitrogen and oxygen atoms in total. The number of ether oxygens (including phenoxy) is 1. The number of piperidine rings is 1. The first-order valence-electron chi connectivity index (χ1n) is 9.21. The minimum Gasteiger partial charge on any atom is -0.477 e. The van der Waals surface area contributed by atoms with E-state index in [1.165, 1.54) is 0 Å². The zero-order valence-electron chi connectivity index (χ0n) is 15.3. The number of rotatable bonds is 4. The lowest BCUT2D eigenvalue weighted by Crippen LogP contribution is -2.45. The minimum absolute atomic E-state index is 0.00136. The summed E-state index contributed by atoms with van der Waals surface area (Å²) in [6.45, 7) is 2.34. The Kier molecular flexibility index (Phi) is 4.79. The van der Waals surface area contributed by atoms with Gasteiger partial charge in [0.1, 0.15) is 5.69 Å². The van der Waals surface area contributed by atoms with E-state index in [9.17, 15) is 26.3 Å². The summed E-state index contributed by atoms with van der Waals surface area (Å²) in [5.41, 5.74) is -1.56. The molecule has 1 aliphatic heterocycles. The van der Waals surface area contributed by atoms with Gasteiger partial charge in [0, 0.05) is 6.04 Å². The zero-order chi connectivity index (χ0) is 21.0. The van der Waals surface area contributed by atoms with Crippen molar-refractivity contribution in [2.45, 2.75) is 44.3 Å². The van der Waals surface area contributed by atoms with Crippen LogP contribution in [0.3, 0.4) is 0 Å². The van der Waals surface area contributed by atoms with Crippen LogP contribution in [0, 0.1) is 11.8 Å². The van der Waals surface area contributed by atoms with Gasteiger partial charge in [-0.3, -0.25) is 0 Å². The lowest BCUT2D eigenvalue weighted by Gasteiger charge is -2.30. The number of anilines is 1. The fraction of sp³-hybridized carbons (Fsp3) is 0.647. The predicted octanol–water partition coefficient (Wildman–Crippen LogP) is 3.49. The molecule has 4 rings (SSSR count). The molecule has 0 aromatic carbocycles. The van der Waals surface area contributed by atoms with E-state index in [0.717, 1.165) is 38.9 Å². The van der Waals surface area contributed by atoms with Gasteiger partial charge >= 0.3 is 12.4 Å². The van der Waals surface area contributed by atoms with Crippen molar-refractivity contribution in [3.63, 3.8) is 0 Å². The summed E-state index contributed by atoms with van der Waals surface area (Å²) in [7, 11) is 0. The average Bonchev–Trinajstić information content (AvgIpc) is 3.10. The van der Waals surface area contributed by atoms with Gasteiger partial charge in [-0.25, -0.2) is 4.52 Å². The summed E-state index contributed by atoms with van der Waals surface area (Å²) in [4.78, 5) is 4.04. The Labute approximate surface area is 161 Å². The maximum atomic E-state index is 13.4. The molecule has 1 aliphatic carbocycles. The number of alkyl halides is 6. The van der Waals surface area contributed by atoms with Crippen LogP contribution in [0.5, 0.6) is 5.75 Å². The highest BCUT2D eigenvalue weighted by molar-refractivity contribution is 5.57. The third kappa shape index (κ3) is 3.81. The first-order chi connectivity index (χ1) is 13.5. The molecule has 2 aromatic rings. The van der Waals surface area contributed by atoms with Gasteiger partial charge in [-0.1, -0.05) is 0 Å². The first kappa shape index (κ1) is 20.0. The van der Waals surface area contributed by atoms with E-state index < -0.39 is 35.5 Å². The van der Waals surface area contributed by atoms with Crippen molar-refractivity contribution in [2.24, 2.45) is 11.8 Å². The largest absolute Gasteiger partial charge is 0.477 e. The molecule has 0 radical (unpaired) electrons. The Hall–Kier alpha value is -2.24. The van der Waals surface area contributed by atoms with Crippen molar-refractivity contribution in [1.29, 1.82) is 0 Å². The molecule has 2 fully saturated rings. The summed E-state index contributed by atoms with van der Waals surface area (Å²) in [6, 6.07) is 1.48. The highest BCUT2D eigenvalue weighted by Crippen LogP contribution is 2.37. The van der Waals surface area contributed by atoms with Crippen LogP contribution in [0.4, 0.5) is 32.3 Å². The molecule has 0 amide bonds. The molecular formula is C17H19F6N5O. The summed E-state index contributed by atoms with van der Waals surface area (Å²) >= 11 is 0. The van der Waals surface area contributed by atoms with E-state index >= 15 is 0 Å². The fourth-order valence-corrected chi connectivity index (χ4v) is 4.03. The number of nitrogens with zero attached hydrogens (tertiary/aromatic N) is 3. The summed E-state index contributed by atoms with van der Waals surface area (Å²) in [5, 5.41) is 10.3. The topological polar surface area (TPSA) is 63.5 Å². The molecule has 1 saturated heterocycles. The van der Waals surface area contributed by atoms with Crippen molar-refractivity contribution in [1.82, 2.24) is 19.9 Å². The molecule has 2 aromatic heterocycles. The Bertz CT molecular complexity index is 879. The maximum Gasteiger partial charge on any atom is 0.433 e. The second kappa shape index (κ2) is 6.92. The highest BCUT2D eigenvalue weighted by Gasteiger charge is 2.41. The van der Waals surface area contributed by atoms with Crippen LogP contribution < -0.4 is 15.4 Å². The molecule has 4 atom stereocenters. The number of fused-ring (bicyclic) bond motifs is 3. The number of hydrogen-bond donors (Lipinski definition) is 2. The Morgan fingerprint density at radius 2 is 1.79 bits per heavy atom. The third-order valence-corrected chi connectivity index (χ3v) is 5.54. The maximum absolute atomic E-state index is 13.4.